The van der Waals surface area contributed by atoms with Gasteiger partial charge in [-0.25, -0.2) is 0 Å². The maximum Gasteiger partial charge on any atom is 0.0628 e. The number of piperazine rings is 1. The molecule has 2 N–H and O–H groups in total. The highest BCUT2D eigenvalue weighted by Gasteiger charge is 2.21. The number of hydrogen-bond donors (Lipinski definition) is 2. The number of benzene rings is 1. The molecule has 3 nitrogen and oxygen atoms in total. The van der Waals surface area contributed by atoms with Crippen molar-refractivity contribution in [2.24, 2.45) is 0 Å². The van der Waals surface area contributed by atoms with Crippen LogP contribution in [0.25, 0.3) is 0 Å². The summed E-state index contributed by atoms with van der Waals surface area (Å²) in [5.74, 6) is 0. The van der Waals surface area contributed by atoms with Crippen molar-refractivity contribution in [1.29, 1.82) is 0 Å². The van der Waals surface area contributed by atoms with Crippen LogP contribution in [0, 0.1) is 0 Å². The van der Waals surface area contributed by atoms with E-state index in [1.807, 2.05) is 12.1 Å². The molecule has 0 spiro atoms. The number of halogens is 2. The molecule has 1 atom stereocenters. The van der Waals surface area contributed by atoms with Crippen LogP contribution in [0.2, 0.25) is 10.0 Å². The Morgan fingerprint density at radius 3 is 2.29 bits per heavy atom. The third kappa shape index (κ3) is 3.33. The van der Waals surface area contributed by atoms with Gasteiger partial charge in [0.05, 0.1) is 12.6 Å². The van der Waals surface area contributed by atoms with Crippen LogP contribution in [-0.4, -0.2) is 42.8 Å². The monoisotopic (exact) mass is 274 g/mol. The molecule has 1 aromatic rings. The zero-order chi connectivity index (χ0) is 12.3. The lowest BCUT2D eigenvalue weighted by Crippen LogP contribution is -2.46. The predicted molar refractivity (Wildman–Crippen MR) is 70.7 cm³/mol. The van der Waals surface area contributed by atoms with Crippen LogP contribution >= 0.6 is 23.2 Å². The van der Waals surface area contributed by atoms with Gasteiger partial charge in [0, 0.05) is 36.2 Å². The number of aliphatic hydroxyl groups excluding tert-OH is 1. The Kier molecular flexibility index (Phi) is 4.65. The van der Waals surface area contributed by atoms with Gasteiger partial charge in [0.2, 0.25) is 0 Å². The zero-order valence-corrected chi connectivity index (χ0v) is 11.0. The maximum absolute atomic E-state index is 9.57. The van der Waals surface area contributed by atoms with Gasteiger partial charge < -0.3 is 10.4 Å². The van der Waals surface area contributed by atoms with Crippen molar-refractivity contribution in [1.82, 2.24) is 10.2 Å². The summed E-state index contributed by atoms with van der Waals surface area (Å²) in [6.07, 6.45) is 0. The maximum atomic E-state index is 9.57. The van der Waals surface area contributed by atoms with Crippen molar-refractivity contribution in [3.8, 4) is 0 Å². The minimum atomic E-state index is -0.0201. The van der Waals surface area contributed by atoms with Gasteiger partial charge in [-0.2, -0.15) is 0 Å². The highest BCUT2D eigenvalue weighted by Crippen LogP contribution is 2.27. The van der Waals surface area contributed by atoms with Gasteiger partial charge in [0.25, 0.3) is 0 Å². The van der Waals surface area contributed by atoms with E-state index in [0.717, 1.165) is 31.7 Å². The van der Waals surface area contributed by atoms with E-state index in [1.54, 1.807) is 6.07 Å². The topological polar surface area (TPSA) is 35.5 Å². The van der Waals surface area contributed by atoms with Crippen LogP contribution in [0.4, 0.5) is 0 Å². The van der Waals surface area contributed by atoms with E-state index in [2.05, 4.69) is 10.2 Å². The Morgan fingerprint density at radius 2 is 1.76 bits per heavy atom. The van der Waals surface area contributed by atoms with Gasteiger partial charge >= 0.3 is 0 Å². The van der Waals surface area contributed by atoms with Gasteiger partial charge in [-0.3, -0.25) is 4.90 Å². The molecule has 1 aliphatic heterocycles. The summed E-state index contributed by atoms with van der Waals surface area (Å²) in [5, 5.41) is 14.1. The molecule has 0 bridgehead atoms. The molecule has 0 radical (unpaired) electrons. The second kappa shape index (κ2) is 6.03. The Balaban J connectivity index is 2.21. The van der Waals surface area contributed by atoms with E-state index < -0.39 is 0 Å². The van der Waals surface area contributed by atoms with Crippen LogP contribution in [0.5, 0.6) is 0 Å². The van der Waals surface area contributed by atoms with Crippen molar-refractivity contribution < 1.29 is 5.11 Å². The molecule has 5 heteroatoms. The number of aliphatic hydroxyl groups is 1. The minimum absolute atomic E-state index is 0.0201. The van der Waals surface area contributed by atoms with Gasteiger partial charge in [-0.05, 0) is 23.8 Å². The molecule has 1 fully saturated rings. The molecule has 17 heavy (non-hydrogen) atoms. The first-order valence-corrected chi connectivity index (χ1v) is 6.48. The molecule has 94 valence electrons. The molecule has 0 aliphatic carbocycles. The first-order valence-electron chi connectivity index (χ1n) is 5.72. The summed E-state index contributed by atoms with van der Waals surface area (Å²) in [6, 6.07) is 5.43. The highest BCUT2D eigenvalue weighted by atomic mass is 35.5. The van der Waals surface area contributed by atoms with Gasteiger partial charge in [-0.1, -0.05) is 23.2 Å². The smallest absolute Gasteiger partial charge is 0.0628 e. The first-order chi connectivity index (χ1) is 8.20. The molecular formula is C12H16Cl2N2O. The summed E-state index contributed by atoms with van der Waals surface area (Å²) in [7, 11) is 0. The van der Waals surface area contributed by atoms with E-state index in [4.69, 9.17) is 23.2 Å². The lowest BCUT2D eigenvalue weighted by Gasteiger charge is -2.34. The third-order valence-electron chi connectivity index (χ3n) is 3.03. The molecule has 0 amide bonds. The lowest BCUT2D eigenvalue weighted by atomic mass is 10.1. The second-order valence-electron chi connectivity index (χ2n) is 4.19. The Bertz CT molecular complexity index is 361. The SMILES string of the molecule is OC[C@@H](c1cc(Cl)cc(Cl)c1)N1CCNCC1. The highest BCUT2D eigenvalue weighted by molar-refractivity contribution is 6.34. The van der Waals surface area contributed by atoms with Crippen LogP contribution in [0.3, 0.4) is 0 Å². The van der Waals surface area contributed by atoms with E-state index in [-0.39, 0.29) is 12.6 Å². The molecule has 1 aliphatic rings. The van der Waals surface area contributed by atoms with Crippen molar-refractivity contribution in [3.05, 3.63) is 33.8 Å². The van der Waals surface area contributed by atoms with E-state index >= 15 is 0 Å². The molecule has 1 saturated heterocycles. The fraction of sp³-hybridized carbons (Fsp3) is 0.500. The molecule has 0 unspecified atom stereocenters. The minimum Gasteiger partial charge on any atom is -0.394 e. The molecule has 1 aromatic carbocycles. The summed E-state index contributed by atoms with van der Waals surface area (Å²) >= 11 is 12.0. The zero-order valence-electron chi connectivity index (χ0n) is 9.50. The number of nitrogens with one attached hydrogen (secondary N) is 1. The van der Waals surface area contributed by atoms with Crippen LogP contribution in [0.1, 0.15) is 11.6 Å². The number of rotatable bonds is 3. The normalized spacial score (nSPS) is 19.2. The fourth-order valence-electron chi connectivity index (χ4n) is 2.19. The Hall–Kier alpha value is -0.320. The van der Waals surface area contributed by atoms with Crippen LogP contribution in [-0.2, 0) is 0 Å². The van der Waals surface area contributed by atoms with Crippen molar-refractivity contribution in [3.63, 3.8) is 0 Å². The number of hydrogen-bond acceptors (Lipinski definition) is 3. The van der Waals surface area contributed by atoms with E-state index in [0.29, 0.717) is 10.0 Å². The second-order valence-corrected chi connectivity index (χ2v) is 5.06. The summed E-state index contributed by atoms with van der Waals surface area (Å²) in [5.41, 5.74) is 0.979. The summed E-state index contributed by atoms with van der Waals surface area (Å²) in [4.78, 5) is 2.25. The molecule has 2 rings (SSSR count). The molecule has 1 heterocycles. The predicted octanol–water partition coefficient (Wildman–Crippen LogP) is 1.93. The quantitative estimate of drug-likeness (QED) is 0.884. The largest absolute Gasteiger partial charge is 0.394 e. The Morgan fingerprint density at radius 1 is 1.18 bits per heavy atom. The van der Waals surface area contributed by atoms with Crippen molar-refractivity contribution >= 4 is 23.2 Å². The molecule has 0 aromatic heterocycles. The summed E-state index contributed by atoms with van der Waals surface area (Å²) < 4.78 is 0. The van der Waals surface area contributed by atoms with Crippen LogP contribution in [0.15, 0.2) is 18.2 Å². The molecule has 0 saturated carbocycles. The van der Waals surface area contributed by atoms with Gasteiger partial charge in [0.1, 0.15) is 0 Å². The number of nitrogens with zero attached hydrogens (tertiary/aromatic N) is 1. The first kappa shape index (κ1) is 13.1. The fourth-order valence-corrected chi connectivity index (χ4v) is 2.74. The molecular weight excluding hydrogens is 259 g/mol. The third-order valence-corrected chi connectivity index (χ3v) is 3.47. The standard InChI is InChI=1S/C12H16Cl2N2O/c13-10-5-9(6-11(14)7-10)12(8-17)16-3-1-15-2-4-16/h5-7,12,15,17H,1-4,8H2/t12-/m0/s1. The van der Waals surface area contributed by atoms with E-state index in [1.165, 1.54) is 0 Å². The van der Waals surface area contributed by atoms with Crippen LogP contribution < -0.4 is 5.32 Å². The average Bonchev–Trinajstić information content (AvgIpc) is 2.30. The average molecular weight is 275 g/mol. The van der Waals surface area contributed by atoms with Gasteiger partial charge in [-0.15, -0.1) is 0 Å². The van der Waals surface area contributed by atoms with Gasteiger partial charge in [0.15, 0.2) is 0 Å². The lowest BCUT2D eigenvalue weighted by molar-refractivity contribution is 0.111. The Labute approximate surface area is 111 Å². The van der Waals surface area contributed by atoms with Crippen molar-refractivity contribution in [2.75, 3.05) is 32.8 Å². The summed E-state index contributed by atoms with van der Waals surface area (Å²) in [6.45, 7) is 3.83. The van der Waals surface area contributed by atoms with E-state index in [9.17, 15) is 5.11 Å². The van der Waals surface area contributed by atoms with Crippen molar-refractivity contribution in [2.45, 2.75) is 6.04 Å².